The van der Waals surface area contributed by atoms with Gasteiger partial charge in [-0.1, -0.05) is 19.3 Å². The first kappa shape index (κ1) is 15.3. The molecule has 2 aliphatic rings. The summed E-state index contributed by atoms with van der Waals surface area (Å²) >= 11 is 0. The van der Waals surface area contributed by atoms with Crippen molar-refractivity contribution in [3.8, 4) is 0 Å². The van der Waals surface area contributed by atoms with Crippen molar-refractivity contribution in [3.63, 3.8) is 0 Å². The number of ether oxygens (including phenoxy) is 1. The van der Waals surface area contributed by atoms with Crippen LogP contribution < -0.4 is 5.32 Å². The maximum Gasteiger partial charge on any atom is 0.0641 e. The summed E-state index contributed by atoms with van der Waals surface area (Å²) in [7, 11) is 2.11. The van der Waals surface area contributed by atoms with Gasteiger partial charge >= 0.3 is 0 Å². The second-order valence-electron chi connectivity index (χ2n) is 6.58. The van der Waals surface area contributed by atoms with Gasteiger partial charge in [0.15, 0.2) is 0 Å². The summed E-state index contributed by atoms with van der Waals surface area (Å²) < 4.78 is 5.93. The van der Waals surface area contributed by atoms with Gasteiger partial charge in [-0.2, -0.15) is 0 Å². The first-order chi connectivity index (χ1) is 9.19. The Morgan fingerprint density at radius 1 is 1.05 bits per heavy atom. The molecule has 2 rings (SSSR count). The lowest BCUT2D eigenvalue weighted by Gasteiger charge is -2.48. The number of nitrogens with one attached hydrogen (secondary N) is 1. The minimum atomic E-state index is 0.329. The van der Waals surface area contributed by atoms with Crippen molar-refractivity contribution >= 4 is 0 Å². The largest absolute Gasteiger partial charge is 0.377 e. The molecule has 1 saturated heterocycles. The molecular formula is C16H32N2O. The lowest BCUT2D eigenvalue weighted by atomic mass is 9.84. The zero-order valence-electron chi connectivity index (χ0n) is 13.1. The summed E-state index contributed by atoms with van der Waals surface area (Å²) in [6.45, 7) is 7.70. The molecule has 1 saturated carbocycles. The number of hydrogen-bond donors (Lipinski definition) is 1. The highest BCUT2D eigenvalue weighted by atomic mass is 16.5. The highest BCUT2D eigenvalue weighted by Gasteiger charge is 2.45. The van der Waals surface area contributed by atoms with Crippen molar-refractivity contribution in [2.45, 2.75) is 76.5 Å². The van der Waals surface area contributed by atoms with Crippen LogP contribution in [0, 0.1) is 0 Å². The number of likely N-dealkylation sites (tertiary alicyclic amines) is 1. The molecule has 0 radical (unpaired) electrons. The third-order valence-corrected chi connectivity index (χ3v) is 5.05. The van der Waals surface area contributed by atoms with Crippen molar-refractivity contribution in [2.75, 3.05) is 26.7 Å². The summed E-state index contributed by atoms with van der Waals surface area (Å²) in [5.74, 6) is 0. The number of hydrogen-bond acceptors (Lipinski definition) is 3. The van der Waals surface area contributed by atoms with E-state index in [9.17, 15) is 0 Å². The normalized spacial score (nSPS) is 25.9. The fraction of sp³-hybridized carbons (Fsp3) is 1.00. The Balaban J connectivity index is 2.06. The van der Waals surface area contributed by atoms with Crippen LogP contribution in [0.4, 0.5) is 0 Å². The van der Waals surface area contributed by atoms with E-state index in [1.165, 1.54) is 58.0 Å². The van der Waals surface area contributed by atoms with Crippen LogP contribution >= 0.6 is 0 Å². The second kappa shape index (κ2) is 7.05. The Morgan fingerprint density at radius 2 is 1.68 bits per heavy atom. The summed E-state index contributed by atoms with van der Waals surface area (Å²) in [4.78, 5) is 2.79. The van der Waals surface area contributed by atoms with Crippen LogP contribution in [-0.4, -0.2) is 49.3 Å². The van der Waals surface area contributed by atoms with Gasteiger partial charge in [0.1, 0.15) is 0 Å². The highest BCUT2D eigenvalue weighted by molar-refractivity contribution is 5.04. The van der Waals surface area contributed by atoms with Crippen LogP contribution in [0.3, 0.4) is 0 Å². The fourth-order valence-electron chi connectivity index (χ4n) is 4.01. The molecule has 3 nitrogen and oxygen atoms in total. The molecule has 0 aromatic heterocycles. The van der Waals surface area contributed by atoms with E-state index in [1.54, 1.807) is 0 Å². The summed E-state index contributed by atoms with van der Waals surface area (Å²) in [5.41, 5.74) is 0.365. The quantitative estimate of drug-likeness (QED) is 0.801. The molecule has 0 bridgehead atoms. The Kier molecular flexibility index (Phi) is 5.67. The molecule has 2 fully saturated rings. The van der Waals surface area contributed by atoms with Crippen molar-refractivity contribution in [1.29, 1.82) is 0 Å². The molecule has 0 aromatic rings. The standard InChI is InChI=1S/C16H32N2O/c1-14(2)19-13-15(17-3)16(9-5-6-10-16)18-11-7-4-8-12-18/h14-15,17H,4-13H2,1-3H3. The average molecular weight is 268 g/mol. The van der Waals surface area contributed by atoms with Gasteiger partial charge in [0.2, 0.25) is 0 Å². The van der Waals surface area contributed by atoms with E-state index in [4.69, 9.17) is 4.74 Å². The van der Waals surface area contributed by atoms with Crippen LogP contribution in [0.2, 0.25) is 0 Å². The molecule has 0 spiro atoms. The molecule has 1 N–H and O–H groups in total. The Hall–Kier alpha value is -0.120. The predicted octanol–water partition coefficient (Wildman–Crippen LogP) is 2.80. The lowest BCUT2D eigenvalue weighted by Crippen LogP contribution is -2.62. The number of likely N-dealkylation sites (N-methyl/N-ethyl adjacent to an activating group) is 1. The molecular weight excluding hydrogens is 236 g/mol. The minimum absolute atomic E-state index is 0.329. The third-order valence-electron chi connectivity index (χ3n) is 5.05. The summed E-state index contributed by atoms with van der Waals surface area (Å²) in [6.07, 6.45) is 9.97. The molecule has 1 aliphatic carbocycles. The van der Waals surface area contributed by atoms with Gasteiger partial charge < -0.3 is 10.1 Å². The monoisotopic (exact) mass is 268 g/mol. The van der Waals surface area contributed by atoms with E-state index >= 15 is 0 Å². The minimum Gasteiger partial charge on any atom is -0.377 e. The smallest absolute Gasteiger partial charge is 0.0641 e. The first-order valence-corrected chi connectivity index (χ1v) is 8.23. The van der Waals surface area contributed by atoms with Gasteiger partial charge in [0.05, 0.1) is 12.7 Å². The molecule has 112 valence electrons. The summed E-state index contributed by atoms with van der Waals surface area (Å²) in [5, 5.41) is 3.57. The van der Waals surface area contributed by atoms with E-state index in [2.05, 4.69) is 31.1 Å². The van der Waals surface area contributed by atoms with E-state index in [-0.39, 0.29) is 0 Å². The summed E-state index contributed by atoms with van der Waals surface area (Å²) in [6, 6.07) is 0.482. The number of piperidine rings is 1. The Bertz CT molecular complexity index is 255. The van der Waals surface area contributed by atoms with Gasteiger partial charge in [-0.05, 0) is 59.7 Å². The predicted molar refractivity (Wildman–Crippen MR) is 80.6 cm³/mol. The molecule has 1 unspecified atom stereocenters. The lowest BCUT2D eigenvalue weighted by molar-refractivity contribution is -0.0147. The molecule has 0 aromatic carbocycles. The van der Waals surface area contributed by atoms with Gasteiger partial charge in [0, 0.05) is 11.6 Å². The maximum atomic E-state index is 5.93. The topological polar surface area (TPSA) is 24.5 Å². The van der Waals surface area contributed by atoms with E-state index in [1.807, 2.05) is 0 Å². The van der Waals surface area contributed by atoms with E-state index in [0.29, 0.717) is 17.7 Å². The Labute approximate surface area is 119 Å². The third kappa shape index (κ3) is 3.50. The van der Waals surface area contributed by atoms with E-state index < -0.39 is 0 Å². The van der Waals surface area contributed by atoms with E-state index in [0.717, 1.165) is 6.61 Å². The maximum absolute atomic E-state index is 5.93. The number of nitrogens with zero attached hydrogens (tertiary/aromatic N) is 1. The van der Waals surface area contributed by atoms with Crippen LogP contribution in [-0.2, 0) is 4.74 Å². The van der Waals surface area contributed by atoms with Crippen molar-refractivity contribution in [1.82, 2.24) is 10.2 Å². The molecule has 1 aliphatic heterocycles. The van der Waals surface area contributed by atoms with Crippen LogP contribution in [0.1, 0.15) is 58.8 Å². The van der Waals surface area contributed by atoms with Crippen molar-refractivity contribution in [3.05, 3.63) is 0 Å². The molecule has 3 heteroatoms. The zero-order valence-corrected chi connectivity index (χ0v) is 13.1. The highest BCUT2D eigenvalue weighted by Crippen LogP contribution is 2.39. The first-order valence-electron chi connectivity index (χ1n) is 8.23. The van der Waals surface area contributed by atoms with Gasteiger partial charge in [0.25, 0.3) is 0 Å². The molecule has 0 amide bonds. The van der Waals surface area contributed by atoms with Crippen LogP contribution in [0.15, 0.2) is 0 Å². The van der Waals surface area contributed by atoms with Crippen molar-refractivity contribution in [2.24, 2.45) is 0 Å². The van der Waals surface area contributed by atoms with Crippen molar-refractivity contribution < 1.29 is 4.74 Å². The second-order valence-corrected chi connectivity index (χ2v) is 6.58. The zero-order chi connectivity index (χ0) is 13.7. The number of rotatable bonds is 6. The molecule has 1 heterocycles. The van der Waals surface area contributed by atoms with Crippen LogP contribution in [0.25, 0.3) is 0 Å². The molecule has 19 heavy (non-hydrogen) atoms. The average Bonchev–Trinajstić information content (AvgIpc) is 2.91. The Morgan fingerprint density at radius 3 is 2.21 bits per heavy atom. The SMILES string of the molecule is CNC(COC(C)C)C1(N2CCCCC2)CCCC1. The van der Waals surface area contributed by atoms with Gasteiger partial charge in [-0.15, -0.1) is 0 Å². The molecule has 1 atom stereocenters. The fourth-order valence-corrected chi connectivity index (χ4v) is 4.01. The van der Waals surface area contributed by atoms with Crippen LogP contribution in [0.5, 0.6) is 0 Å². The van der Waals surface area contributed by atoms with Gasteiger partial charge in [-0.25, -0.2) is 0 Å². The van der Waals surface area contributed by atoms with Gasteiger partial charge in [-0.3, -0.25) is 4.90 Å².